The second-order valence-corrected chi connectivity index (χ2v) is 9.59. The average Bonchev–Trinajstić information content (AvgIpc) is 2.77. The molecule has 0 bridgehead atoms. The van der Waals surface area contributed by atoms with E-state index in [9.17, 15) is 14.4 Å². The summed E-state index contributed by atoms with van der Waals surface area (Å²) in [5, 5.41) is 11.9. The Kier molecular flexibility index (Phi) is 8.12. The van der Waals surface area contributed by atoms with Crippen LogP contribution in [0.3, 0.4) is 0 Å². The number of hydrogen-bond acceptors (Lipinski definition) is 7. The van der Waals surface area contributed by atoms with Crippen molar-refractivity contribution in [2.45, 2.75) is 51.7 Å². The Morgan fingerprint density at radius 1 is 1.09 bits per heavy atom. The molecule has 2 aliphatic heterocycles. The van der Waals surface area contributed by atoms with Crippen molar-refractivity contribution >= 4 is 23.7 Å². The van der Waals surface area contributed by atoms with Gasteiger partial charge in [0.05, 0.1) is 11.9 Å². The maximum atomic E-state index is 12.7. The molecule has 0 unspecified atom stereocenters. The number of carboxylic acids is 1. The van der Waals surface area contributed by atoms with E-state index in [4.69, 9.17) is 9.84 Å². The molecule has 0 aliphatic carbocycles. The summed E-state index contributed by atoms with van der Waals surface area (Å²) in [5.74, 6) is -0.874. The van der Waals surface area contributed by atoms with Gasteiger partial charge in [0.25, 0.3) is 0 Å². The highest BCUT2D eigenvalue weighted by Gasteiger charge is 2.26. The Morgan fingerprint density at radius 2 is 1.76 bits per heavy atom. The summed E-state index contributed by atoms with van der Waals surface area (Å²) in [5.41, 5.74) is 0.438. The molecule has 0 spiro atoms. The highest BCUT2D eigenvalue weighted by molar-refractivity contribution is 5.85. The molecule has 0 saturated carbocycles. The van der Waals surface area contributed by atoms with Crippen LogP contribution in [0.15, 0.2) is 18.3 Å². The highest BCUT2D eigenvalue weighted by atomic mass is 16.6. The maximum absolute atomic E-state index is 12.7. The minimum atomic E-state index is -1.03. The fourth-order valence-corrected chi connectivity index (χ4v) is 4.09. The second-order valence-electron chi connectivity index (χ2n) is 9.59. The number of likely N-dealkylation sites (tertiary alicyclic amines) is 1. The number of amides is 2. The Bertz CT molecular complexity index is 823. The largest absolute Gasteiger partial charge is 0.477 e. The molecule has 182 valence electrons. The van der Waals surface area contributed by atoms with Crippen molar-refractivity contribution in [1.82, 2.24) is 20.1 Å². The minimum Gasteiger partial charge on any atom is -0.477 e. The van der Waals surface area contributed by atoms with Gasteiger partial charge in [-0.3, -0.25) is 9.69 Å². The smallest absolute Gasteiger partial charge is 0.407 e. The standard InChI is InChI=1S/C23H35N5O5/c1-23(2,3)33-22(32)25-17-6-10-28(11-7-17)20(29)8-9-26-12-14-27(15-13-26)18-4-5-19(21(30)31)24-16-18/h4-5,16-17H,6-15H2,1-3H3,(H,25,32)(H,30,31). The predicted molar refractivity (Wildman–Crippen MR) is 123 cm³/mol. The van der Waals surface area contributed by atoms with E-state index in [0.717, 1.165) is 51.3 Å². The van der Waals surface area contributed by atoms with Crippen molar-refractivity contribution in [2.24, 2.45) is 0 Å². The van der Waals surface area contributed by atoms with E-state index in [0.29, 0.717) is 19.5 Å². The first kappa shape index (κ1) is 24.8. The summed E-state index contributed by atoms with van der Waals surface area (Å²) in [7, 11) is 0. The van der Waals surface area contributed by atoms with E-state index in [1.165, 1.54) is 6.07 Å². The number of nitrogens with one attached hydrogen (secondary N) is 1. The van der Waals surface area contributed by atoms with Gasteiger partial charge in [-0.15, -0.1) is 0 Å². The lowest BCUT2D eigenvalue weighted by molar-refractivity contribution is -0.132. The van der Waals surface area contributed by atoms with Crippen molar-refractivity contribution in [3.8, 4) is 0 Å². The number of aromatic carboxylic acids is 1. The molecule has 0 aromatic carbocycles. The minimum absolute atomic E-state index is 0.0380. The van der Waals surface area contributed by atoms with Crippen molar-refractivity contribution in [2.75, 3.05) is 50.7 Å². The number of anilines is 1. The van der Waals surface area contributed by atoms with Crippen molar-refractivity contribution in [3.05, 3.63) is 24.0 Å². The zero-order chi connectivity index (χ0) is 24.0. The molecule has 3 rings (SSSR count). The molecule has 10 nitrogen and oxygen atoms in total. The Balaban J connectivity index is 1.34. The first-order valence-corrected chi connectivity index (χ1v) is 11.5. The van der Waals surface area contributed by atoms with Crippen LogP contribution in [-0.4, -0.2) is 95.3 Å². The number of carbonyl (C=O) groups excluding carboxylic acids is 2. The molecule has 0 atom stereocenters. The van der Waals surface area contributed by atoms with Gasteiger partial charge >= 0.3 is 12.1 Å². The molecule has 33 heavy (non-hydrogen) atoms. The van der Waals surface area contributed by atoms with Gasteiger partial charge in [-0.25, -0.2) is 14.6 Å². The Hall–Kier alpha value is -2.88. The van der Waals surface area contributed by atoms with Crippen LogP contribution in [0.25, 0.3) is 0 Å². The van der Waals surface area contributed by atoms with Gasteiger partial charge < -0.3 is 25.0 Å². The number of pyridine rings is 1. The molecule has 2 saturated heterocycles. The van der Waals surface area contributed by atoms with Gasteiger partial charge in [-0.05, 0) is 45.7 Å². The van der Waals surface area contributed by atoms with Gasteiger partial charge in [0.1, 0.15) is 11.3 Å². The van der Waals surface area contributed by atoms with Crippen LogP contribution in [0.5, 0.6) is 0 Å². The Labute approximate surface area is 194 Å². The molecular formula is C23H35N5O5. The average molecular weight is 462 g/mol. The molecule has 1 aromatic heterocycles. The van der Waals surface area contributed by atoms with E-state index >= 15 is 0 Å². The van der Waals surface area contributed by atoms with Crippen LogP contribution in [0.2, 0.25) is 0 Å². The summed E-state index contributed by atoms with van der Waals surface area (Å²) in [6.45, 7) is 10.8. The van der Waals surface area contributed by atoms with Crippen LogP contribution >= 0.6 is 0 Å². The lowest BCUT2D eigenvalue weighted by Crippen LogP contribution is -2.49. The van der Waals surface area contributed by atoms with E-state index < -0.39 is 17.7 Å². The number of aromatic nitrogens is 1. The predicted octanol–water partition coefficient (Wildman–Crippen LogP) is 1.81. The normalized spacial score (nSPS) is 18.2. The molecule has 3 heterocycles. The third-order valence-corrected chi connectivity index (χ3v) is 5.91. The first-order chi connectivity index (χ1) is 15.6. The van der Waals surface area contributed by atoms with Crippen LogP contribution in [-0.2, 0) is 9.53 Å². The first-order valence-electron chi connectivity index (χ1n) is 11.5. The number of nitrogens with zero attached hydrogens (tertiary/aromatic N) is 4. The monoisotopic (exact) mass is 461 g/mol. The lowest BCUT2D eigenvalue weighted by Gasteiger charge is -2.36. The number of piperazine rings is 1. The van der Waals surface area contributed by atoms with Crippen molar-refractivity contribution in [1.29, 1.82) is 0 Å². The summed E-state index contributed by atoms with van der Waals surface area (Å²) in [6, 6.07) is 3.35. The molecule has 1 aromatic rings. The zero-order valence-corrected chi connectivity index (χ0v) is 19.7. The van der Waals surface area contributed by atoms with Crippen molar-refractivity contribution in [3.63, 3.8) is 0 Å². The molecular weight excluding hydrogens is 426 g/mol. The quantitative estimate of drug-likeness (QED) is 0.659. The SMILES string of the molecule is CC(C)(C)OC(=O)NC1CCN(C(=O)CCN2CCN(c3ccc(C(=O)O)nc3)CC2)CC1. The number of piperidine rings is 1. The second kappa shape index (κ2) is 10.8. The number of alkyl carbamates (subject to hydrolysis) is 1. The van der Waals surface area contributed by atoms with Crippen LogP contribution < -0.4 is 10.2 Å². The Morgan fingerprint density at radius 3 is 2.30 bits per heavy atom. The van der Waals surface area contributed by atoms with Gasteiger partial charge in [0.15, 0.2) is 0 Å². The lowest BCUT2D eigenvalue weighted by atomic mass is 10.0. The number of rotatable bonds is 6. The number of hydrogen-bond donors (Lipinski definition) is 2. The van der Waals surface area contributed by atoms with Gasteiger partial charge in [0, 0.05) is 58.3 Å². The van der Waals surface area contributed by atoms with Gasteiger partial charge in [-0.2, -0.15) is 0 Å². The summed E-state index contributed by atoms with van der Waals surface area (Å²) >= 11 is 0. The summed E-state index contributed by atoms with van der Waals surface area (Å²) in [6.07, 6.45) is 3.15. The van der Waals surface area contributed by atoms with E-state index in [1.54, 1.807) is 12.3 Å². The topological polar surface area (TPSA) is 115 Å². The fraction of sp³-hybridized carbons (Fsp3) is 0.652. The van der Waals surface area contributed by atoms with Crippen LogP contribution in [0, 0.1) is 0 Å². The summed E-state index contributed by atoms with van der Waals surface area (Å²) < 4.78 is 5.30. The third-order valence-electron chi connectivity index (χ3n) is 5.91. The molecule has 2 aliphatic rings. The van der Waals surface area contributed by atoms with Gasteiger partial charge in [0.2, 0.25) is 5.91 Å². The number of carboxylic acid groups (broad SMARTS) is 1. The highest BCUT2D eigenvalue weighted by Crippen LogP contribution is 2.17. The summed E-state index contributed by atoms with van der Waals surface area (Å²) in [4.78, 5) is 45.9. The van der Waals surface area contributed by atoms with Crippen molar-refractivity contribution < 1.29 is 24.2 Å². The number of carbonyl (C=O) groups is 3. The molecule has 0 radical (unpaired) electrons. The van der Waals surface area contributed by atoms with E-state index in [2.05, 4.69) is 20.1 Å². The van der Waals surface area contributed by atoms with E-state index in [1.807, 2.05) is 25.7 Å². The molecule has 2 amide bonds. The molecule has 10 heteroatoms. The van der Waals surface area contributed by atoms with Crippen LogP contribution in [0.4, 0.5) is 10.5 Å². The zero-order valence-electron chi connectivity index (χ0n) is 19.7. The van der Waals surface area contributed by atoms with E-state index in [-0.39, 0.29) is 17.6 Å². The molecule has 2 fully saturated rings. The van der Waals surface area contributed by atoms with Gasteiger partial charge in [-0.1, -0.05) is 0 Å². The maximum Gasteiger partial charge on any atom is 0.407 e. The fourth-order valence-electron chi connectivity index (χ4n) is 4.09. The number of ether oxygens (including phenoxy) is 1. The third kappa shape index (κ3) is 7.59. The molecule has 2 N–H and O–H groups in total. The van der Waals surface area contributed by atoms with Crippen LogP contribution in [0.1, 0.15) is 50.5 Å².